The van der Waals surface area contributed by atoms with Crippen LogP contribution in [0.1, 0.15) is 39.5 Å². The zero-order valence-electron chi connectivity index (χ0n) is 12.9. The summed E-state index contributed by atoms with van der Waals surface area (Å²) in [5, 5.41) is 0. The summed E-state index contributed by atoms with van der Waals surface area (Å²) in [7, 11) is 1.99. The fourth-order valence-electron chi connectivity index (χ4n) is 3.15. The molecule has 0 atom stereocenters. The molecule has 20 heavy (non-hydrogen) atoms. The third kappa shape index (κ3) is 3.53. The summed E-state index contributed by atoms with van der Waals surface area (Å²) in [6.07, 6.45) is 4.85. The minimum atomic E-state index is 0.248. The largest absolute Gasteiger partial charge is 0.365 e. The summed E-state index contributed by atoms with van der Waals surface area (Å²) in [5.41, 5.74) is 1.09. The first-order valence-corrected chi connectivity index (χ1v) is 7.67. The van der Waals surface area contributed by atoms with Crippen LogP contribution in [0.3, 0.4) is 0 Å². The number of hydrogen-bond donors (Lipinski definition) is 0. The van der Waals surface area contributed by atoms with Gasteiger partial charge in [0.2, 0.25) is 5.91 Å². The molecule has 0 saturated heterocycles. The lowest BCUT2D eigenvalue weighted by Crippen LogP contribution is -2.47. The highest BCUT2D eigenvalue weighted by Crippen LogP contribution is 2.25. The molecule has 110 valence electrons. The van der Waals surface area contributed by atoms with Gasteiger partial charge in [-0.3, -0.25) is 4.79 Å². The number of likely N-dealkylation sites (N-methyl/N-ethyl adjacent to an activating group) is 1. The molecular weight excluding hydrogens is 248 g/mol. The maximum absolute atomic E-state index is 12.6. The topological polar surface area (TPSA) is 23.6 Å². The summed E-state index contributed by atoms with van der Waals surface area (Å²) in [5.74, 6) is 0.248. The summed E-state index contributed by atoms with van der Waals surface area (Å²) in [4.78, 5) is 16.8. The van der Waals surface area contributed by atoms with Gasteiger partial charge in [0.05, 0.1) is 6.54 Å². The third-order valence-electron chi connectivity index (χ3n) is 4.13. The first-order valence-electron chi connectivity index (χ1n) is 7.67. The molecule has 0 aromatic heterocycles. The quantitative estimate of drug-likeness (QED) is 0.822. The Labute approximate surface area is 122 Å². The second kappa shape index (κ2) is 6.78. The first-order chi connectivity index (χ1) is 9.59. The van der Waals surface area contributed by atoms with E-state index in [-0.39, 0.29) is 11.9 Å². The van der Waals surface area contributed by atoms with Crippen molar-refractivity contribution in [3.63, 3.8) is 0 Å². The molecule has 1 aliphatic rings. The van der Waals surface area contributed by atoms with Gasteiger partial charge in [-0.2, -0.15) is 0 Å². The SMILES string of the molecule is CC(C)N(C(=O)CN(C)c1ccccc1)C1CCCC1. The summed E-state index contributed by atoms with van der Waals surface area (Å²) in [6, 6.07) is 10.8. The van der Waals surface area contributed by atoms with Gasteiger partial charge in [0.25, 0.3) is 0 Å². The molecule has 1 aliphatic carbocycles. The van der Waals surface area contributed by atoms with Crippen LogP contribution in [0, 0.1) is 0 Å². The summed E-state index contributed by atoms with van der Waals surface area (Å²) in [6.45, 7) is 4.70. The van der Waals surface area contributed by atoms with Crippen LogP contribution in [0.15, 0.2) is 30.3 Å². The predicted molar refractivity (Wildman–Crippen MR) is 84.0 cm³/mol. The first kappa shape index (κ1) is 14.9. The van der Waals surface area contributed by atoms with E-state index in [0.717, 1.165) is 5.69 Å². The number of amides is 1. The Hall–Kier alpha value is -1.51. The van der Waals surface area contributed by atoms with E-state index in [1.165, 1.54) is 25.7 Å². The van der Waals surface area contributed by atoms with E-state index in [1.54, 1.807) is 0 Å². The Bertz CT molecular complexity index is 424. The van der Waals surface area contributed by atoms with E-state index in [2.05, 4.69) is 18.7 Å². The smallest absolute Gasteiger partial charge is 0.242 e. The van der Waals surface area contributed by atoms with Gasteiger partial charge in [0, 0.05) is 24.8 Å². The molecule has 0 heterocycles. The summed E-state index contributed by atoms with van der Waals surface area (Å²) < 4.78 is 0. The minimum Gasteiger partial charge on any atom is -0.365 e. The molecule has 1 aromatic carbocycles. The van der Waals surface area contributed by atoms with Crippen molar-refractivity contribution in [2.24, 2.45) is 0 Å². The van der Waals surface area contributed by atoms with Gasteiger partial charge >= 0.3 is 0 Å². The van der Waals surface area contributed by atoms with E-state index in [1.807, 2.05) is 42.3 Å². The number of para-hydroxylation sites is 1. The number of anilines is 1. The Morgan fingerprint density at radius 1 is 1.20 bits per heavy atom. The maximum atomic E-state index is 12.6. The molecule has 1 aromatic rings. The standard InChI is InChI=1S/C17H26N2O/c1-14(2)19(16-11-7-8-12-16)17(20)13-18(3)15-9-5-4-6-10-15/h4-6,9-10,14,16H,7-8,11-13H2,1-3H3. The van der Waals surface area contributed by atoms with Crippen LogP contribution in [0.4, 0.5) is 5.69 Å². The number of hydrogen-bond acceptors (Lipinski definition) is 2. The predicted octanol–water partition coefficient (Wildman–Crippen LogP) is 3.30. The van der Waals surface area contributed by atoms with E-state index in [9.17, 15) is 4.79 Å². The number of carbonyl (C=O) groups is 1. The number of carbonyl (C=O) groups excluding carboxylic acids is 1. The molecule has 1 amide bonds. The number of benzene rings is 1. The molecule has 0 unspecified atom stereocenters. The van der Waals surface area contributed by atoms with Gasteiger partial charge < -0.3 is 9.80 Å². The van der Waals surface area contributed by atoms with Gasteiger partial charge in [0.1, 0.15) is 0 Å². The molecule has 2 rings (SSSR count). The molecule has 0 radical (unpaired) electrons. The Morgan fingerprint density at radius 2 is 1.80 bits per heavy atom. The van der Waals surface area contributed by atoms with Crippen molar-refractivity contribution in [1.29, 1.82) is 0 Å². The van der Waals surface area contributed by atoms with Crippen LogP contribution in [-0.2, 0) is 4.79 Å². The molecule has 0 aliphatic heterocycles. The lowest BCUT2D eigenvalue weighted by molar-refractivity contribution is -0.133. The minimum absolute atomic E-state index is 0.248. The van der Waals surface area contributed by atoms with Gasteiger partial charge in [-0.15, -0.1) is 0 Å². The van der Waals surface area contributed by atoms with Gasteiger partial charge in [-0.1, -0.05) is 31.0 Å². The van der Waals surface area contributed by atoms with Crippen LogP contribution in [-0.4, -0.2) is 36.5 Å². The van der Waals surface area contributed by atoms with Crippen LogP contribution in [0.5, 0.6) is 0 Å². The molecule has 1 saturated carbocycles. The zero-order chi connectivity index (χ0) is 14.5. The second-order valence-corrected chi connectivity index (χ2v) is 6.02. The lowest BCUT2D eigenvalue weighted by atomic mass is 10.1. The molecule has 3 nitrogen and oxygen atoms in total. The average molecular weight is 274 g/mol. The van der Waals surface area contributed by atoms with E-state index >= 15 is 0 Å². The lowest BCUT2D eigenvalue weighted by Gasteiger charge is -2.34. The van der Waals surface area contributed by atoms with Crippen LogP contribution in [0.25, 0.3) is 0 Å². The molecule has 0 spiro atoms. The highest BCUT2D eigenvalue weighted by molar-refractivity contribution is 5.82. The second-order valence-electron chi connectivity index (χ2n) is 6.02. The third-order valence-corrected chi connectivity index (χ3v) is 4.13. The van der Waals surface area contributed by atoms with Gasteiger partial charge in [-0.05, 0) is 38.8 Å². The number of nitrogens with zero attached hydrogens (tertiary/aromatic N) is 2. The zero-order valence-corrected chi connectivity index (χ0v) is 12.9. The fraction of sp³-hybridized carbons (Fsp3) is 0.588. The van der Waals surface area contributed by atoms with Crippen molar-refractivity contribution in [3.05, 3.63) is 30.3 Å². The molecule has 3 heteroatoms. The highest BCUT2D eigenvalue weighted by Gasteiger charge is 2.28. The van der Waals surface area contributed by atoms with Crippen molar-refractivity contribution in [1.82, 2.24) is 4.90 Å². The number of rotatable bonds is 5. The van der Waals surface area contributed by atoms with Crippen molar-refractivity contribution < 1.29 is 4.79 Å². The van der Waals surface area contributed by atoms with Crippen LogP contribution < -0.4 is 4.90 Å². The molecule has 1 fully saturated rings. The Morgan fingerprint density at radius 3 is 2.35 bits per heavy atom. The highest BCUT2D eigenvalue weighted by atomic mass is 16.2. The van der Waals surface area contributed by atoms with E-state index in [0.29, 0.717) is 12.6 Å². The fourth-order valence-corrected chi connectivity index (χ4v) is 3.15. The van der Waals surface area contributed by atoms with Crippen LogP contribution in [0.2, 0.25) is 0 Å². The molecule has 0 bridgehead atoms. The van der Waals surface area contributed by atoms with Gasteiger partial charge in [0.15, 0.2) is 0 Å². The van der Waals surface area contributed by atoms with Crippen molar-refractivity contribution >= 4 is 11.6 Å². The monoisotopic (exact) mass is 274 g/mol. The van der Waals surface area contributed by atoms with Crippen molar-refractivity contribution in [3.8, 4) is 0 Å². The van der Waals surface area contributed by atoms with Crippen molar-refractivity contribution in [2.75, 3.05) is 18.5 Å². The van der Waals surface area contributed by atoms with E-state index in [4.69, 9.17) is 0 Å². The molecule has 0 N–H and O–H groups in total. The van der Waals surface area contributed by atoms with Crippen molar-refractivity contribution in [2.45, 2.75) is 51.6 Å². The molecular formula is C17H26N2O. The average Bonchev–Trinajstić information content (AvgIpc) is 2.93. The van der Waals surface area contributed by atoms with E-state index < -0.39 is 0 Å². The normalized spacial score (nSPS) is 15.6. The van der Waals surface area contributed by atoms with Gasteiger partial charge in [-0.25, -0.2) is 0 Å². The van der Waals surface area contributed by atoms with Crippen LogP contribution >= 0.6 is 0 Å². The maximum Gasteiger partial charge on any atom is 0.242 e. The Balaban J connectivity index is 2.01. The Kier molecular flexibility index (Phi) is 5.05. The summed E-state index contributed by atoms with van der Waals surface area (Å²) >= 11 is 0.